The molecule has 0 aliphatic carbocycles. The molecule has 0 aliphatic rings. The Balaban J connectivity index is 2.06. The van der Waals surface area contributed by atoms with Crippen molar-refractivity contribution in [3.63, 3.8) is 0 Å². The molecule has 1 amide bonds. The predicted molar refractivity (Wildman–Crippen MR) is 71.5 cm³/mol. The second-order valence-corrected chi connectivity index (χ2v) is 3.86. The van der Waals surface area contributed by atoms with E-state index in [4.69, 9.17) is 5.11 Å². The lowest BCUT2D eigenvalue weighted by Crippen LogP contribution is -2.21. The van der Waals surface area contributed by atoms with Crippen molar-refractivity contribution in [2.75, 3.05) is 6.61 Å². The third-order valence-corrected chi connectivity index (χ3v) is 2.52. The molecule has 2 aromatic rings. The van der Waals surface area contributed by atoms with Crippen LogP contribution in [0.1, 0.15) is 21.7 Å². The van der Waals surface area contributed by atoms with Crippen molar-refractivity contribution in [3.8, 4) is 0 Å². The fourth-order valence-electron chi connectivity index (χ4n) is 1.59. The van der Waals surface area contributed by atoms with Gasteiger partial charge in [0, 0.05) is 19.2 Å². The molecule has 0 radical (unpaired) electrons. The molecule has 0 spiro atoms. The predicted octanol–water partition coefficient (Wildman–Crippen LogP) is -0.603. The van der Waals surface area contributed by atoms with Crippen molar-refractivity contribution < 1.29 is 9.90 Å². The normalized spacial score (nSPS) is 10.8. The van der Waals surface area contributed by atoms with E-state index in [-0.39, 0.29) is 24.3 Å². The van der Waals surface area contributed by atoms with Crippen LogP contribution in [0.2, 0.25) is 0 Å². The fourth-order valence-corrected chi connectivity index (χ4v) is 1.59. The third-order valence-electron chi connectivity index (χ3n) is 2.52. The van der Waals surface area contributed by atoms with Crippen molar-refractivity contribution >= 4 is 12.1 Å². The first-order valence-electron chi connectivity index (χ1n) is 5.87. The molecule has 8 heteroatoms. The van der Waals surface area contributed by atoms with Crippen LogP contribution in [0.3, 0.4) is 0 Å². The van der Waals surface area contributed by atoms with Gasteiger partial charge in [0.15, 0.2) is 0 Å². The second-order valence-electron chi connectivity index (χ2n) is 3.86. The number of amides is 1. The number of aliphatic hydroxyl groups excluding tert-OH is 1. The Morgan fingerprint density at radius 3 is 3.00 bits per heavy atom. The lowest BCUT2D eigenvalue weighted by molar-refractivity contribution is 0.0949. The molecule has 2 heterocycles. The number of pyridine rings is 1. The molecular weight excluding hydrogens is 262 g/mol. The number of hydrogen-bond donors (Lipinski definition) is 4. The number of hydrogen-bond acceptors (Lipinski definition) is 5. The molecule has 8 nitrogen and oxygen atoms in total. The van der Waals surface area contributed by atoms with Crippen LogP contribution >= 0.6 is 0 Å². The highest BCUT2D eigenvalue weighted by molar-refractivity contribution is 5.94. The number of carbonyl (C=O) groups is 1. The number of nitrogens with one attached hydrogen (secondary N) is 3. The van der Waals surface area contributed by atoms with Gasteiger partial charge < -0.3 is 5.11 Å². The average Bonchev–Trinajstić information content (AvgIpc) is 2.82. The molecule has 4 N–H and O–H groups in total. The van der Waals surface area contributed by atoms with E-state index in [0.717, 1.165) is 0 Å². The SMILES string of the molecule is O=C(N/N=C\c1ccccn1)c1[nH][nH]c(=O)c1CCO. The molecule has 2 aromatic heterocycles. The monoisotopic (exact) mass is 275 g/mol. The first kappa shape index (κ1) is 13.7. The van der Waals surface area contributed by atoms with Crippen LogP contribution in [0.25, 0.3) is 0 Å². The number of aromatic amines is 2. The lowest BCUT2D eigenvalue weighted by Gasteiger charge is -1.99. The van der Waals surface area contributed by atoms with Gasteiger partial charge in [-0.05, 0) is 12.1 Å². The average molecular weight is 275 g/mol. The van der Waals surface area contributed by atoms with Gasteiger partial charge in [-0.3, -0.25) is 24.8 Å². The van der Waals surface area contributed by atoms with Crippen molar-refractivity contribution in [2.24, 2.45) is 5.10 Å². The minimum atomic E-state index is -0.570. The number of aromatic nitrogens is 3. The number of nitrogens with zero attached hydrogens (tertiary/aromatic N) is 2. The summed E-state index contributed by atoms with van der Waals surface area (Å²) >= 11 is 0. The van der Waals surface area contributed by atoms with Gasteiger partial charge in [0.1, 0.15) is 5.69 Å². The molecular formula is C12H13N5O3. The van der Waals surface area contributed by atoms with Crippen LogP contribution in [-0.4, -0.2) is 39.0 Å². The molecule has 0 saturated carbocycles. The highest BCUT2D eigenvalue weighted by Gasteiger charge is 2.15. The van der Waals surface area contributed by atoms with Gasteiger partial charge in [-0.2, -0.15) is 5.10 Å². The molecule has 0 atom stereocenters. The summed E-state index contributed by atoms with van der Waals surface area (Å²) in [5, 5.41) is 17.4. The molecule has 0 aromatic carbocycles. The topological polar surface area (TPSA) is 123 Å². The van der Waals surface area contributed by atoms with Crippen LogP contribution in [0, 0.1) is 0 Å². The van der Waals surface area contributed by atoms with Crippen molar-refractivity contribution in [1.82, 2.24) is 20.6 Å². The third kappa shape index (κ3) is 3.18. The standard InChI is InChI=1S/C12H13N5O3/c18-6-4-9-10(15-17-11(9)19)12(20)16-14-7-8-3-1-2-5-13-8/h1-3,5,7,18H,4,6H2,(H,16,20)(H2,15,17,19)/b14-7-. The van der Waals surface area contributed by atoms with Crippen LogP contribution in [0.5, 0.6) is 0 Å². The quantitative estimate of drug-likeness (QED) is 0.429. The number of H-pyrrole nitrogens is 2. The summed E-state index contributed by atoms with van der Waals surface area (Å²) in [6.07, 6.45) is 3.08. The van der Waals surface area contributed by atoms with Crippen molar-refractivity contribution in [2.45, 2.75) is 6.42 Å². The van der Waals surface area contributed by atoms with Gasteiger partial charge in [-0.15, -0.1) is 0 Å². The molecule has 0 aliphatic heterocycles. The molecule has 0 bridgehead atoms. The van der Waals surface area contributed by atoms with Crippen LogP contribution in [0.15, 0.2) is 34.3 Å². The van der Waals surface area contributed by atoms with Crippen LogP contribution in [-0.2, 0) is 6.42 Å². The number of rotatable bonds is 5. The van der Waals surface area contributed by atoms with E-state index in [0.29, 0.717) is 5.69 Å². The number of carbonyl (C=O) groups excluding carboxylic acids is 1. The van der Waals surface area contributed by atoms with Crippen molar-refractivity contribution in [1.29, 1.82) is 0 Å². The molecule has 0 saturated heterocycles. The van der Waals surface area contributed by atoms with E-state index in [1.54, 1.807) is 24.4 Å². The van der Waals surface area contributed by atoms with Gasteiger partial charge in [-0.1, -0.05) is 6.07 Å². The number of hydrazone groups is 1. The summed E-state index contributed by atoms with van der Waals surface area (Å²) in [5.41, 5.74) is 2.68. The van der Waals surface area contributed by atoms with Crippen LogP contribution < -0.4 is 11.0 Å². The highest BCUT2D eigenvalue weighted by Crippen LogP contribution is 2.00. The summed E-state index contributed by atoms with van der Waals surface area (Å²) < 4.78 is 0. The van der Waals surface area contributed by atoms with Gasteiger partial charge in [-0.25, -0.2) is 5.43 Å². The molecule has 20 heavy (non-hydrogen) atoms. The summed E-state index contributed by atoms with van der Waals surface area (Å²) in [4.78, 5) is 27.2. The maximum atomic E-state index is 11.8. The molecule has 0 fully saturated rings. The number of aliphatic hydroxyl groups is 1. The summed E-state index contributed by atoms with van der Waals surface area (Å²) in [7, 11) is 0. The first-order valence-corrected chi connectivity index (χ1v) is 5.87. The maximum Gasteiger partial charge on any atom is 0.289 e. The zero-order valence-corrected chi connectivity index (χ0v) is 10.5. The van der Waals surface area contributed by atoms with E-state index in [1.807, 2.05) is 0 Å². The zero-order valence-electron chi connectivity index (χ0n) is 10.5. The molecule has 104 valence electrons. The Morgan fingerprint density at radius 2 is 2.30 bits per heavy atom. The van der Waals surface area contributed by atoms with Gasteiger partial charge >= 0.3 is 0 Å². The van der Waals surface area contributed by atoms with Gasteiger partial charge in [0.05, 0.1) is 17.5 Å². The Hall–Kier alpha value is -2.74. The second kappa shape index (κ2) is 6.43. The lowest BCUT2D eigenvalue weighted by atomic mass is 10.2. The van der Waals surface area contributed by atoms with E-state index in [9.17, 15) is 9.59 Å². The Bertz CT molecular complexity index is 659. The van der Waals surface area contributed by atoms with Crippen molar-refractivity contribution in [3.05, 3.63) is 51.7 Å². The Kier molecular flexibility index (Phi) is 4.40. The van der Waals surface area contributed by atoms with E-state index < -0.39 is 11.5 Å². The smallest absolute Gasteiger partial charge is 0.289 e. The van der Waals surface area contributed by atoms with E-state index in [1.165, 1.54) is 6.21 Å². The Labute approximate surface area is 113 Å². The van der Waals surface area contributed by atoms with Crippen LogP contribution in [0.4, 0.5) is 0 Å². The largest absolute Gasteiger partial charge is 0.396 e. The first-order chi connectivity index (χ1) is 9.72. The summed E-state index contributed by atoms with van der Waals surface area (Å²) in [5.74, 6) is -0.570. The zero-order chi connectivity index (χ0) is 14.4. The molecule has 0 unspecified atom stereocenters. The minimum Gasteiger partial charge on any atom is -0.396 e. The summed E-state index contributed by atoms with van der Waals surface area (Å²) in [6.45, 7) is -0.224. The highest BCUT2D eigenvalue weighted by atomic mass is 16.3. The van der Waals surface area contributed by atoms with E-state index >= 15 is 0 Å². The van der Waals surface area contributed by atoms with Gasteiger partial charge in [0.2, 0.25) is 0 Å². The summed E-state index contributed by atoms with van der Waals surface area (Å²) in [6, 6.07) is 5.28. The minimum absolute atomic E-state index is 0.0576. The maximum absolute atomic E-state index is 11.8. The molecule has 2 rings (SSSR count). The van der Waals surface area contributed by atoms with Gasteiger partial charge in [0.25, 0.3) is 11.5 Å². The fraction of sp³-hybridized carbons (Fsp3) is 0.167. The Morgan fingerprint density at radius 1 is 1.45 bits per heavy atom. The van der Waals surface area contributed by atoms with E-state index in [2.05, 4.69) is 25.7 Å².